The van der Waals surface area contributed by atoms with E-state index in [-0.39, 0.29) is 5.91 Å². The smallest absolute Gasteiger partial charge is 0.357 e. The molecule has 0 aliphatic carbocycles. The molecule has 170 valence electrons. The van der Waals surface area contributed by atoms with Gasteiger partial charge in [0.2, 0.25) is 0 Å². The molecular formula is C25H28N5O2S+. The van der Waals surface area contributed by atoms with Crippen molar-refractivity contribution in [2.45, 2.75) is 13.3 Å². The number of rotatable bonds is 9. The molecule has 2 aromatic carbocycles. The lowest BCUT2D eigenvalue weighted by atomic mass is 10.1. The summed E-state index contributed by atoms with van der Waals surface area (Å²) in [6, 6.07) is 19.4. The molecule has 0 saturated carbocycles. The average molecular weight is 463 g/mol. The SMILES string of the molecule is C/C(=N/Nc1[nH+]c2ccccc2s1)c1ccc(-c2cccc(C(=O)NCCCN(C)C)c2)o1. The van der Waals surface area contributed by atoms with E-state index < -0.39 is 0 Å². The van der Waals surface area contributed by atoms with Crippen molar-refractivity contribution in [2.24, 2.45) is 5.10 Å². The van der Waals surface area contributed by atoms with E-state index in [9.17, 15) is 4.79 Å². The first-order valence-electron chi connectivity index (χ1n) is 10.8. The van der Waals surface area contributed by atoms with E-state index in [4.69, 9.17) is 4.42 Å². The van der Waals surface area contributed by atoms with E-state index in [0.29, 0.717) is 23.6 Å². The number of furan rings is 1. The van der Waals surface area contributed by atoms with Crippen molar-refractivity contribution in [3.05, 3.63) is 72.0 Å². The summed E-state index contributed by atoms with van der Waals surface area (Å²) in [5, 5.41) is 8.28. The third-order valence-electron chi connectivity index (χ3n) is 5.11. The van der Waals surface area contributed by atoms with Crippen molar-refractivity contribution < 1.29 is 14.2 Å². The topological polar surface area (TPSA) is 84.0 Å². The molecule has 4 rings (SSSR count). The Hall–Kier alpha value is -3.49. The molecule has 0 aliphatic rings. The zero-order chi connectivity index (χ0) is 23.2. The second kappa shape index (κ2) is 10.4. The fourth-order valence-corrected chi connectivity index (χ4v) is 4.21. The molecule has 7 nitrogen and oxygen atoms in total. The molecular weight excluding hydrogens is 434 g/mol. The Kier molecular flexibility index (Phi) is 7.16. The van der Waals surface area contributed by atoms with Crippen LogP contribution in [0.5, 0.6) is 0 Å². The maximum absolute atomic E-state index is 12.5. The van der Waals surface area contributed by atoms with Crippen LogP contribution in [0.25, 0.3) is 21.5 Å². The summed E-state index contributed by atoms with van der Waals surface area (Å²) in [4.78, 5) is 17.9. The Bertz CT molecular complexity index is 1240. The normalized spacial score (nSPS) is 11.8. The summed E-state index contributed by atoms with van der Waals surface area (Å²) in [6.07, 6.45) is 0.909. The molecule has 0 radical (unpaired) electrons. The van der Waals surface area contributed by atoms with E-state index in [0.717, 1.165) is 39.6 Å². The molecule has 33 heavy (non-hydrogen) atoms. The number of carbonyl (C=O) groups is 1. The lowest BCUT2D eigenvalue weighted by molar-refractivity contribution is -0.321. The Labute approximate surface area is 197 Å². The number of aromatic nitrogens is 1. The summed E-state index contributed by atoms with van der Waals surface area (Å²) in [7, 11) is 4.04. The second-order valence-corrected chi connectivity index (χ2v) is 9.07. The number of anilines is 1. The van der Waals surface area contributed by atoms with Gasteiger partial charge >= 0.3 is 5.13 Å². The number of benzene rings is 2. The molecule has 0 unspecified atom stereocenters. The highest BCUT2D eigenvalue weighted by atomic mass is 32.1. The van der Waals surface area contributed by atoms with Gasteiger partial charge in [-0.25, -0.2) is 4.98 Å². The molecule has 0 atom stereocenters. The van der Waals surface area contributed by atoms with Gasteiger partial charge in [0.05, 0.1) is 4.70 Å². The third kappa shape index (κ3) is 5.85. The van der Waals surface area contributed by atoms with Gasteiger partial charge in [0.25, 0.3) is 5.91 Å². The average Bonchev–Trinajstić information content (AvgIpc) is 3.47. The van der Waals surface area contributed by atoms with Crippen molar-refractivity contribution in [2.75, 3.05) is 32.6 Å². The van der Waals surface area contributed by atoms with Crippen molar-refractivity contribution in [1.82, 2.24) is 10.2 Å². The van der Waals surface area contributed by atoms with Crippen molar-refractivity contribution in [3.63, 3.8) is 0 Å². The van der Waals surface area contributed by atoms with E-state index in [1.807, 2.05) is 75.6 Å². The molecule has 0 aliphatic heterocycles. The maximum Gasteiger partial charge on any atom is 0.357 e. The maximum atomic E-state index is 12.5. The van der Waals surface area contributed by atoms with Crippen LogP contribution in [-0.4, -0.2) is 43.7 Å². The number of amides is 1. The van der Waals surface area contributed by atoms with Gasteiger partial charge in [-0.05, 0) is 81.7 Å². The number of fused-ring (bicyclic) bond motifs is 1. The number of aromatic amines is 1. The van der Waals surface area contributed by atoms with E-state index in [2.05, 4.69) is 31.8 Å². The summed E-state index contributed by atoms with van der Waals surface area (Å²) < 4.78 is 7.19. The van der Waals surface area contributed by atoms with Gasteiger partial charge in [-0.3, -0.25) is 4.79 Å². The highest BCUT2D eigenvalue weighted by Crippen LogP contribution is 2.24. The van der Waals surface area contributed by atoms with Gasteiger partial charge < -0.3 is 14.6 Å². The summed E-state index contributed by atoms with van der Waals surface area (Å²) in [5.74, 6) is 1.27. The fourth-order valence-electron chi connectivity index (χ4n) is 3.36. The minimum atomic E-state index is -0.0797. The molecule has 3 N–H and O–H groups in total. The minimum absolute atomic E-state index is 0.0797. The van der Waals surface area contributed by atoms with Crippen molar-refractivity contribution >= 4 is 38.3 Å². The number of hydrogen-bond donors (Lipinski definition) is 2. The summed E-state index contributed by atoms with van der Waals surface area (Å²) in [5.41, 5.74) is 6.33. The van der Waals surface area contributed by atoms with Gasteiger partial charge in [0, 0.05) is 17.7 Å². The van der Waals surface area contributed by atoms with E-state index in [1.54, 1.807) is 11.3 Å². The number of para-hydroxylation sites is 1. The minimum Gasteiger partial charge on any atom is -0.455 e. The molecule has 2 heterocycles. The first-order chi connectivity index (χ1) is 16.0. The van der Waals surface area contributed by atoms with Gasteiger partial charge in [-0.1, -0.05) is 29.4 Å². The number of H-pyrrole nitrogens is 1. The van der Waals surface area contributed by atoms with Crippen LogP contribution in [0.4, 0.5) is 5.13 Å². The van der Waals surface area contributed by atoms with Crippen LogP contribution in [-0.2, 0) is 0 Å². The Morgan fingerprint density at radius 2 is 1.97 bits per heavy atom. The molecule has 1 amide bonds. The molecule has 8 heteroatoms. The Morgan fingerprint density at radius 3 is 2.79 bits per heavy atom. The van der Waals surface area contributed by atoms with Crippen molar-refractivity contribution in [1.29, 1.82) is 0 Å². The van der Waals surface area contributed by atoms with Gasteiger partial charge in [0.1, 0.15) is 17.0 Å². The number of thiazole rings is 1. The van der Waals surface area contributed by atoms with Crippen LogP contribution in [0.2, 0.25) is 0 Å². The first kappa shape index (κ1) is 22.7. The van der Waals surface area contributed by atoms with Crippen LogP contribution in [0, 0.1) is 0 Å². The van der Waals surface area contributed by atoms with Gasteiger partial charge in [-0.15, -0.1) is 5.43 Å². The first-order valence-corrected chi connectivity index (χ1v) is 11.7. The quantitative estimate of drug-likeness (QED) is 0.218. The zero-order valence-corrected chi connectivity index (χ0v) is 19.8. The van der Waals surface area contributed by atoms with E-state index >= 15 is 0 Å². The van der Waals surface area contributed by atoms with Crippen LogP contribution in [0.15, 0.2) is 70.2 Å². The van der Waals surface area contributed by atoms with Gasteiger partial charge in [0.15, 0.2) is 5.76 Å². The van der Waals surface area contributed by atoms with Crippen LogP contribution >= 0.6 is 11.3 Å². The third-order valence-corrected chi connectivity index (χ3v) is 6.09. The predicted octanol–water partition coefficient (Wildman–Crippen LogP) is 4.49. The van der Waals surface area contributed by atoms with Crippen LogP contribution in [0.1, 0.15) is 29.5 Å². The number of hydrazone groups is 1. The summed E-state index contributed by atoms with van der Waals surface area (Å²) in [6.45, 7) is 3.47. The molecule has 0 spiro atoms. The number of nitrogens with one attached hydrogen (secondary N) is 3. The van der Waals surface area contributed by atoms with E-state index in [1.165, 1.54) is 0 Å². The largest absolute Gasteiger partial charge is 0.455 e. The predicted molar refractivity (Wildman–Crippen MR) is 134 cm³/mol. The summed E-state index contributed by atoms with van der Waals surface area (Å²) >= 11 is 1.60. The molecule has 0 saturated heterocycles. The highest BCUT2D eigenvalue weighted by molar-refractivity contribution is 7.21. The number of carbonyl (C=O) groups excluding carboxylic acids is 1. The Balaban J connectivity index is 1.41. The number of hydrogen-bond acceptors (Lipinski definition) is 6. The molecule has 0 fully saturated rings. The zero-order valence-electron chi connectivity index (χ0n) is 19.0. The highest BCUT2D eigenvalue weighted by Gasteiger charge is 2.13. The standard InChI is InChI=1S/C25H27N5O2S/c1-17(28-29-25-27-20-10-4-5-11-23(20)33-25)21-12-13-22(32-21)18-8-6-9-19(16-18)24(31)26-14-7-15-30(2)3/h4-6,8-13,16H,7,14-15H2,1-3H3,(H,26,31)(H,27,29)/p+1/b28-17-. The number of nitrogens with zero attached hydrogens (tertiary/aromatic N) is 2. The second-order valence-electron chi connectivity index (χ2n) is 8.02. The lowest BCUT2D eigenvalue weighted by Crippen LogP contribution is -2.27. The Morgan fingerprint density at radius 1 is 1.12 bits per heavy atom. The van der Waals surface area contributed by atoms with Crippen molar-refractivity contribution in [3.8, 4) is 11.3 Å². The molecule has 2 aromatic heterocycles. The lowest BCUT2D eigenvalue weighted by Gasteiger charge is -2.10. The molecule has 4 aromatic rings. The van der Waals surface area contributed by atoms with Crippen LogP contribution in [0.3, 0.4) is 0 Å². The fraction of sp³-hybridized carbons (Fsp3) is 0.240. The monoisotopic (exact) mass is 462 g/mol. The molecule has 0 bridgehead atoms. The van der Waals surface area contributed by atoms with Gasteiger partial charge in [-0.2, -0.15) is 0 Å². The van der Waals surface area contributed by atoms with Crippen LogP contribution < -0.4 is 15.7 Å².